The van der Waals surface area contributed by atoms with Crippen LogP contribution < -0.4 is 5.32 Å². The molecule has 2 aromatic heterocycles. The van der Waals surface area contributed by atoms with E-state index < -0.39 is 0 Å². The fourth-order valence-corrected chi connectivity index (χ4v) is 3.49. The number of aromatic nitrogens is 3. The largest absolute Gasteiger partial charge is 0.367 e. The van der Waals surface area contributed by atoms with Gasteiger partial charge < -0.3 is 15.0 Å². The van der Waals surface area contributed by atoms with Crippen molar-refractivity contribution in [3.05, 3.63) is 65.9 Å². The van der Waals surface area contributed by atoms with Crippen molar-refractivity contribution in [1.82, 2.24) is 24.8 Å². The molecule has 1 aliphatic rings. The fraction of sp³-hybridized carbons (Fsp3) is 0.350. The van der Waals surface area contributed by atoms with E-state index in [0.29, 0.717) is 13.1 Å². The van der Waals surface area contributed by atoms with Crippen molar-refractivity contribution < 1.29 is 9.13 Å². The van der Waals surface area contributed by atoms with Crippen LogP contribution in [-0.4, -0.2) is 51.7 Å². The predicted octanol–water partition coefficient (Wildman–Crippen LogP) is 2.41. The Kier molecular flexibility index (Phi) is 5.21. The standard InChI is InChI=1S/C20H23FN6O/c1-14-12-26(13-17(28-14)15-6-8-16(21)9-7-15)20(22-2)23-11-19-25-24-18-5-3-4-10-27(18)19/h3-10,14,17H,11-13H2,1-2H3,(H,22,23). The molecule has 0 saturated carbocycles. The lowest BCUT2D eigenvalue weighted by Gasteiger charge is -2.38. The minimum atomic E-state index is -0.248. The zero-order valence-corrected chi connectivity index (χ0v) is 15.9. The van der Waals surface area contributed by atoms with Crippen LogP contribution in [0.1, 0.15) is 24.4 Å². The van der Waals surface area contributed by atoms with E-state index in [-0.39, 0.29) is 18.0 Å². The Labute approximate surface area is 162 Å². The van der Waals surface area contributed by atoms with Crippen molar-refractivity contribution in [2.24, 2.45) is 4.99 Å². The highest BCUT2D eigenvalue weighted by molar-refractivity contribution is 5.80. The van der Waals surface area contributed by atoms with Crippen LogP contribution in [0.5, 0.6) is 0 Å². The van der Waals surface area contributed by atoms with E-state index in [1.54, 1.807) is 19.2 Å². The first kappa shape index (κ1) is 18.4. The smallest absolute Gasteiger partial charge is 0.194 e. The summed E-state index contributed by atoms with van der Waals surface area (Å²) >= 11 is 0. The zero-order chi connectivity index (χ0) is 19.5. The molecule has 146 valence electrons. The molecule has 3 heterocycles. The molecule has 2 unspecified atom stereocenters. The van der Waals surface area contributed by atoms with Crippen molar-refractivity contribution >= 4 is 11.6 Å². The van der Waals surface area contributed by atoms with Crippen LogP contribution in [0.15, 0.2) is 53.7 Å². The monoisotopic (exact) mass is 382 g/mol. The molecule has 4 rings (SSSR count). The van der Waals surface area contributed by atoms with Crippen LogP contribution in [0.3, 0.4) is 0 Å². The number of hydrogen-bond donors (Lipinski definition) is 1. The Bertz CT molecular complexity index is 970. The van der Waals surface area contributed by atoms with Gasteiger partial charge in [-0.3, -0.25) is 9.39 Å². The van der Waals surface area contributed by atoms with Gasteiger partial charge in [-0.2, -0.15) is 0 Å². The summed E-state index contributed by atoms with van der Waals surface area (Å²) in [6.45, 7) is 3.89. The van der Waals surface area contributed by atoms with E-state index in [0.717, 1.165) is 29.5 Å². The molecular weight excluding hydrogens is 359 g/mol. The van der Waals surface area contributed by atoms with Crippen molar-refractivity contribution in [2.75, 3.05) is 20.1 Å². The first-order chi connectivity index (χ1) is 13.6. The first-order valence-corrected chi connectivity index (χ1v) is 9.29. The molecule has 0 bridgehead atoms. The second-order valence-electron chi connectivity index (χ2n) is 6.84. The molecule has 3 aromatic rings. The van der Waals surface area contributed by atoms with Gasteiger partial charge in [0.15, 0.2) is 17.4 Å². The van der Waals surface area contributed by atoms with E-state index in [1.165, 1.54) is 12.1 Å². The molecule has 1 fully saturated rings. The Hall–Kier alpha value is -3.00. The summed E-state index contributed by atoms with van der Waals surface area (Å²) in [6, 6.07) is 12.3. The number of pyridine rings is 1. The molecule has 1 saturated heterocycles. The van der Waals surface area contributed by atoms with Gasteiger partial charge in [-0.05, 0) is 36.8 Å². The van der Waals surface area contributed by atoms with E-state index in [1.807, 2.05) is 35.7 Å². The average molecular weight is 382 g/mol. The van der Waals surface area contributed by atoms with Crippen LogP contribution in [0.2, 0.25) is 0 Å². The second kappa shape index (κ2) is 7.93. The number of fused-ring (bicyclic) bond motifs is 1. The molecule has 0 amide bonds. The number of benzene rings is 1. The van der Waals surface area contributed by atoms with Gasteiger partial charge in [-0.25, -0.2) is 4.39 Å². The van der Waals surface area contributed by atoms with Crippen LogP contribution >= 0.6 is 0 Å². The number of morpholine rings is 1. The third-order valence-electron chi connectivity index (χ3n) is 4.80. The van der Waals surface area contributed by atoms with Gasteiger partial charge in [-0.15, -0.1) is 10.2 Å². The number of nitrogens with zero attached hydrogens (tertiary/aromatic N) is 5. The fourth-order valence-electron chi connectivity index (χ4n) is 3.49. The number of halogens is 1. The molecule has 1 aromatic carbocycles. The van der Waals surface area contributed by atoms with Crippen molar-refractivity contribution in [3.63, 3.8) is 0 Å². The van der Waals surface area contributed by atoms with Gasteiger partial charge in [-0.1, -0.05) is 18.2 Å². The zero-order valence-electron chi connectivity index (χ0n) is 15.9. The maximum absolute atomic E-state index is 13.2. The van der Waals surface area contributed by atoms with Gasteiger partial charge in [0, 0.05) is 19.8 Å². The Morgan fingerprint density at radius 1 is 1.21 bits per heavy atom. The highest BCUT2D eigenvalue weighted by Crippen LogP contribution is 2.25. The van der Waals surface area contributed by atoms with E-state index >= 15 is 0 Å². The van der Waals surface area contributed by atoms with Gasteiger partial charge in [0.2, 0.25) is 0 Å². The molecule has 1 aliphatic heterocycles. The lowest BCUT2D eigenvalue weighted by molar-refractivity contribution is -0.0605. The van der Waals surface area contributed by atoms with E-state index in [9.17, 15) is 4.39 Å². The molecule has 28 heavy (non-hydrogen) atoms. The first-order valence-electron chi connectivity index (χ1n) is 9.29. The molecular formula is C20H23FN6O. The van der Waals surface area contributed by atoms with Gasteiger partial charge >= 0.3 is 0 Å². The number of nitrogens with one attached hydrogen (secondary N) is 1. The second-order valence-corrected chi connectivity index (χ2v) is 6.84. The Balaban J connectivity index is 1.47. The Morgan fingerprint density at radius 2 is 2.04 bits per heavy atom. The number of ether oxygens (including phenoxy) is 1. The highest BCUT2D eigenvalue weighted by Gasteiger charge is 2.28. The van der Waals surface area contributed by atoms with Crippen molar-refractivity contribution in [2.45, 2.75) is 25.7 Å². The number of aliphatic imine (C=N–C) groups is 1. The van der Waals surface area contributed by atoms with Crippen molar-refractivity contribution in [1.29, 1.82) is 0 Å². The van der Waals surface area contributed by atoms with Crippen LogP contribution in [0, 0.1) is 5.82 Å². The summed E-state index contributed by atoms with van der Waals surface area (Å²) in [7, 11) is 1.76. The maximum Gasteiger partial charge on any atom is 0.194 e. The van der Waals surface area contributed by atoms with Gasteiger partial charge in [0.05, 0.1) is 19.2 Å². The summed E-state index contributed by atoms with van der Waals surface area (Å²) in [5.41, 5.74) is 1.77. The summed E-state index contributed by atoms with van der Waals surface area (Å²) in [6.07, 6.45) is 1.82. The maximum atomic E-state index is 13.2. The topological polar surface area (TPSA) is 67.0 Å². The number of guanidine groups is 1. The molecule has 1 N–H and O–H groups in total. The van der Waals surface area contributed by atoms with E-state index in [4.69, 9.17) is 4.74 Å². The summed E-state index contributed by atoms with van der Waals surface area (Å²) in [5, 5.41) is 11.8. The van der Waals surface area contributed by atoms with Crippen molar-refractivity contribution in [3.8, 4) is 0 Å². The lowest BCUT2D eigenvalue weighted by Crippen LogP contribution is -2.50. The molecule has 8 heteroatoms. The molecule has 2 atom stereocenters. The summed E-state index contributed by atoms with van der Waals surface area (Å²) < 4.78 is 21.3. The third kappa shape index (κ3) is 3.82. The van der Waals surface area contributed by atoms with Gasteiger partial charge in [0.1, 0.15) is 11.9 Å². The average Bonchev–Trinajstić information content (AvgIpc) is 3.12. The SMILES string of the molecule is CN=C(NCc1nnc2ccccn12)N1CC(C)OC(c2ccc(F)cc2)C1. The lowest BCUT2D eigenvalue weighted by atomic mass is 10.1. The highest BCUT2D eigenvalue weighted by atomic mass is 19.1. The van der Waals surface area contributed by atoms with E-state index in [2.05, 4.69) is 25.4 Å². The molecule has 0 spiro atoms. The minimum absolute atomic E-state index is 0.0243. The normalized spacial score (nSPS) is 20.5. The molecule has 7 nitrogen and oxygen atoms in total. The van der Waals surface area contributed by atoms with Crippen LogP contribution in [-0.2, 0) is 11.3 Å². The Morgan fingerprint density at radius 3 is 2.82 bits per heavy atom. The van der Waals surface area contributed by atoms with Crippen LogP contribution in [0.4, 0.5) is 4.39 Å². The molecule has 0 radical (unpaired) electrons. The van der Waals surface area contributed by atoms with Gasteiger partial charge in [0.25, 0.3) is 0 Å². The number of hydrogen-bond acceptors (Lipinski definition) is 4. The molecule has 0 aliphatic carbocycles. The predicted molar refractivity (Wildman–Crippen MR) is 104 cm³/mol. The van der Waals surface area contributed by atoms with Crippen LogP contribution in [0.25, 0.3) is 5.65 Å². The quantitative estimate of drug-likeness (QED) is 0.557. The third-order valence-corrected chi connectivity index (χ3v) is 4.80. The summed E-state index contributed by atoms with van der Waals surface area (Å²) in [5.74, 6) is 1.34. The number of rotatable bonds is 3. The minimum Gasteiger partial charge on any atom is -0.367 e. The summed E-state index contributed by atoms with van der Waals surface area (Å²) in [4.78, 5) is 6.58.